The molecule has 0 saturated carbocycles. The molecule has 24 heavy (non-hydrogen) atoms. The summed E-state index contributed by atoms with van der Waals surface area (Å²) in [5, 5.41) is 13.5. The molecule has 0 spiro atoms. The van der Waals surface area contributed by atoms with Gasteiger partial charge in [-0.25, -0.2) is 5.84 Å². The largest absolute Gasteiger partial charge is 0.340 e. The monoisotopic (exact) mass is 328 g/mol. The summed E-state index contributed by atoms with van der Waals surface area (Å²) in [6, 6.07) is 13.6. The molecule has 0 aliphatic carbocycles. The summed E-state index contributed by atoms with van der Waals surface area (Å²) in [5.41, 5.74) is 2.35. The number of benzene rings is 2. The number of nitro benzene ring substituents is 1. The first-order valence-corrected chi connectivity index (χ1v) is 7.11. The van der Waals surface area contributed by atoms with Gasteiger partial charge in [-0.1, -0.05) is 42.5 Å². The van der Waals surface area contributed by atoms with Crippen LogP contribution < -0.4 is 16.6 Å². The van der Waals surface area contributed by atoms with Crippen LogP contribution in [0.5, 0.6) is 0 Å². The van der Waals surface area contributed by atoms with E-state index in [1.54, 1.807) is 24.3 Å². The van der Waals surface area contributed by atoms with Gasteiger partial charge in [0.05, 0.1) is 4.92 Å². The molecular weight excluding hydrogens is 312 g/mol. The first-order valence-electron chi connectivity index (χ1n) is 7.11. The molecule has 2 aromatic rings. The van der Waals surface area contributed by atoms with Crippen molar-refractivity contribution in [3.05, 3.63) is 75.8 Å². The highest BCUT2D eigenvalue weighted by Crippen LogP contribution is 2.17. The number of amides is 2. The fourth-order valence-electron chi connectivity index (χ4n) is 2.22. The molecule has 0 radical (unpaired) electrons. The minimum atomic E-state index is -0.954. The Bertz CT molecular complexity index is 749. The SMILES string of the molecule is NNC(=O)C(Cc1ccccc1)NC(=O)c1ccccc1[N+](=O)[O-]. The fraction of sp³-hybridized carbons (Fsp3) is 0.125. The second-order valence-electron chi connectivity index (χ2n) is 5.00. The van der Waals surface area contributed by atoms with Gasteiger partial charge in [0.1, 0.15) is 11.6 Å². The first kappa shape index (κ1) is 17.1. The number of nitrogens with zero attached hydrogens (tertiary/aromatic N) is 1. The molecule has 124 valence electrons. The third kappa shape index (κ3) is 4.14. The number of nitrogens with two attached hydrogens (primary N) is 1. The molecule has 8 heteroatoms. The van der Waals surface area contributed by atoms with E-state index in [1.165, 1.54) is 24.3 Å². The van der Waals surface area contributed by atoms with Gasteiger partial charge >= 0.3 is 0 Å². The molecule has 0 aromatic heterocycles. The highest BCUT2D eigenvalue weighted by Gasteiger charge is 2.25. The van der Waals surface area contributed by atoms with Crippen LogP contribution in [0.3, 0.4) is 0 Å². The molecule has 0 aliphatic rings. The lowest BCUT2D eigenvalue weighted by atomic mass is 10.0. The van der Waals surface area contributed by atoms with E-state index in [4.69, 9.17) is 5.84 Å². The zero-order valence-corrected chi connectivity index (χ0v) is 12.6. The van der Waals surface area contributed by atoms with Gasteiger partial charge in [0.2, 0.25) is 0 Å². The van der Waals surface area contributed by atoms with Crippen molar-refractivity contribution < 1.29 is 14.5 Å². The van der Waals surface area contributed by atoms with E-state index in [0.717, 1.165) is 5.56 Å². The van der Waals surface area contributed by atoms with Crippen molar-refractivity contribution in [1.29, 1.82) is 0 Å². The number of rotatable bonds is 6. The smallest absolute Gasteiger partial charge is 0.282 e. The van der Waals surface area contributed by atoms with Crippen LogP contribution in [0.1, 0.15) is 15.9 Å². The normalized spacial score (nSPS) is 11.4. The molecular formula is C16H16N4O4. The second-order valence-corrected chi connectivity index (χ2v) is 5.00. The summed E-state index contributed by atoms with van der Waals surface area (Å²) in [5.74, 6) is 3.85. The summed E-state index contributed by atoms with van der Waals surface area (Å²) in [4.78, 5) is 34.6. The molecule has 8 nitrogen and oxygen atoms in total. The highest BCUT2D eigenvalue weighted by atomic mass is 16.6. The summed E-state index contributed by atoms with van der Waals surface area (Å²) >= 11 is 0. The van der Waals surface area contributed by atoms with Gasteiger partial charge in [-0.15, -0.1) is 0 Å². The van der Waals surface area contributed by atoms with Crippen LogP contribution in [0.2, 0.25) is 0 Å². The Morgan fingerprint density at radius 1 is 1.08 bits per heavy atom. The highest BCUT2D eigenvalue weighted by molar-refractivity contribution is 6.00. The summed E-state index contributed by atoms with van der Waals surface area (Å²) in [6.45, 7) is 0. The maximum atomic E-state index is 12.4. The van der Waals surface area contributed by atoms with E-state index in [2.05, 4.69) is 5.32 Å². The van der Waals surface area contributed by atoms with E-state index in [-0.39, 0.29) is 17.7 Å². The predicted octanol–water partition coefficient (Wildman–Crippen LogP) is 0.926. The van der Waals surface area contributed by atoms with E-state index in [0.29, 0.717) is 0 Å². The van der Waals surface area contributed by atoms with Gasteiger partial charge in [-0.3, -0.25) is 25.1 Å². The maximum absolute atomic E-state index is 12.4. The number of nitrogens with one attached hydrogen (secondary N) is 2. The number of hydrazine groups is 1. The molecule has 2 rings (SSSR count). The van der Waals surface area contributed by atoms with Crippen molar-refractivity contribution in [2.45, 2.75) is 12.5 Å². The minimum absolute atomic E-state index is 0.120. The Morgan fingerprint density at radius 3 is 2.33 bits per heavy atom. The molecule has 0 aliphatic heterocycles. The van der Waals surface area contributed by atoms with Gasteiger partial charge in [-0.2, -0.15) is 0 Å². The lowest BCUT2D eigenvalue weighted by molar-refractivity contribution is -0.385. The van der Waals surface area contributed by atoms with E-state index in [9.17, 15) is 19.7 Å². The summed E-state index contributed by atoms with van der Waals surface area (Å²) in [6.07, 6.45) is 0.205. The number of para-hydroxylation sites is 1. The second kappa shape index (κ2) is 7.84. The Hall–Kier alpha value is -3.26. The molecule has 1 unspecified atom stereocenters. The Morgan fingerprint density at radius 2 is 1.71 bits per heavy atom. The Balaban J connectivity index is 2.22. The molecule has 0 saturated heterocycles. The van der Waals surface area contributed by atoms with Gasteiger partial charge in [0, 0.05) is 12.5 Å². The number of hydrogen-bond donors (Lipinski definition) is 3. The van der Waals surface area contributed by atoms with Crippen LogP contribution in [-0.2, 0) is 11.2 Å². The topological polar surface area (TPSA) is 127 Å². The number of nitro groups is 1. The fourth-order valence-corrected chi connectivity index (χ4v) is 2.22. The molecule has 4 N–H and O–H groups in total. The molecule has 0 fully saturated rings. The summed E-state index contributed by atoms with van der Waals surface area (Å²) < 4.78 is 0. The van der Waals surface area contributed by atoms with Gasteiger partial charge in [0.15, 0.2) is 0 Å². The van der Waals surface area contributed by atoms with Crippen molar-refractivity contribution >= 4 is 17.5 Å². The molecule has 2 aromatic carbocycles. The Labute approximate surface area is 137 Å². The Kier molecular flexibility index (Phi) is 5.58. The third-order valence-corrected chi connectivity index (χ3v) is 3.39. The van der Waals surface area contributed by atoms with E-state index >= 15 is 0 Å². The maximum Gasteiger partial charge on any atom is 0.282 e. The lowest BCUT2D eigenvalue weighted by Crippen LogP contribution is -2.50. The van der Waals surface area contributed by atoms with Crippen LogP contribution >= 0.6 is 0 Å². The predicted molar refractivity (Wildman–Crippen MR) is 86.8 cm³/mol. The van der Waals surface area contributed by atoms with Crippen LogP contribution in [0, 0.1) is 10.1 Å². The lowest BCUT2D eigenvalue weighted by Gasteiger charge is -2.17. The van der Waals surface area contributed by atoms with Crippen molar-refractivity contribution in [2.24, 2.45) is 5.84 Å². The molecule has 0 bridgehead atoms. The first-order chi connectivity index (χ1) is 11.5. The van der Waals surface area contributed by atoms with E-state index in [1.807, 2.05) is 11.5 Å². The van der Waals surface area contributed by atoms with Gasteiger partial charge in [0.25, 0.3) is 17.5 Å². The van der Waals surface area contributed by atoms with Crippen molar-refractivity contribution in [1.82, 2.24) is 10.7 Å². The van der Waals surface area contributed by atoms with E-state index < -0.39 is 22.8 Å². The summed E-state index contributed by atoms with van der Waals surface area (Å²) in [7, 11) is 0. The average Bonchev–Trinajstić information content (AvgIpc) is 2.61. The van der Waals surface area contributed by atoms with Crippen LogP contribution in [0.25, 0.3) is 0 Å². The van der Waals surface area contributed by atoms with Crippen LogP contribution in [0.15, 0.2) is 54.6 Å². The molecule has 2 amide bonds. The van der Waals surface area contributed by atoms with Gasteiger partial charge in [-0.05, 0) is 11.6 Å². The quantitative estimate of drug-likeness (QED) is 0.314. The average molecular weight is 328 g/mol. The number of carbonyl (C=O) groups is 2. The van der Waals surface area contributed by atoms with Gasteiger partial charge < -0.3 is 5.32 Å². The zero-order valence-electron chi connectivity index (χ0n) is 12.6. The molecule has 0 heterocycles. The zero-order chi connectivity index (χ0) is 17.5. The third-order valence-electron chi connectivity index (χ3n) is 3.39. The number of carbonyl (C=O) groups excluding carboxylic acids is 2. The van der Waals surface area contributed by atoms with Crippen molar-refractivity contribution in [3.63, 3.8) is 0 Å². The van der Waals surface area contributed by atoms with Crippen molar-refractivity contribution in [2.75, 3.05) is 0 Å². The number of hydrogen-bond acceptors (Lipinski definition) is 5. The minimum Gasteiger partial charge on any atom is -0.340 e. The van der Waals surface area contributed by atoms with Crippen LogP contribution in [-0.4, -0.2) is 22.8 Å². The standard InChI is InChI=1S/C16H16N4O4/c17-19-16(22)13(10-11-6-2-1-3-7-11)18-15(21)12-8-4-5-9-14(12)20(23)24/h1-9,13H,10,17H2,(H,18,21)(H,19,22). The van der Waals surface area contributed by atoms with Crippen LogP contribution in [0.4, 0.5) is 5.69 Å². The molecule has 1 atom stereocenters. The van der Waals surface area contributed by atoms with Crippen molar-refractivity contribution in [3.8, 4) is 0 Å².